The lowest BCUT2D eigenvalue weighted by Gasteiger charge is -2.32. The van der Waals surface area contributed by atoms with Gasteiger partial charge in [-0.15, -0.1) is 0 Å². The summed E-state index contributed by atoms with van der Waals surface area (Å²) in [5.41, 5.74) is 1.62. The lowest BCUT2D eigenvalue weighted by Crippen LogP contribution is -2.42. The highest BCUT2D eigenvalue weighted by Gasteiger charge is 2.25. The molecule has 0 N–H and O–H groups in total. The minimum absolute atomic E-state index is 0.0315. The average molecular weight is 482 g/mol. The van der Waals surface area contributed by atoms with E-state index in [1.165, 1.54) is 0 Å². The fraction of sp³-hybridized carbons (Fsp3) is 0.385. The van der Waals surface area contributed by atoms with Gasteiger partial charge < -0.3 is 23.8 Å². The SMILES string of the molecule is O=C(Cn1ccc2cc(C(=O)N3CCC(Oc4ccc(Cl)cc4)CC3)ccc21)N1CCOCC1. The highest BCUT2D eigenvalue weighted by Crippen LogP contribution is 2.23. The standard InChI is InChI=1S/C26H28ClN3O4/c27-21-2-4-22(5-3-21)34-23-8-11-29(12-9-23)26(32)20-1-6-24-19(17-20)7-10-30(24)18-25(31)28-13-15-33-16-14-28/h1-7,10,17,23H,8-9,11-16,18H2. The zero-order valence-electron chi connectivity index (χ0n) is 19.0. The van der Waals surface area contributed by atoms with Gasteiger partial charge in [-0.2, -0.15) is 0 Å². The minimum Gasteiger partial charge on any atom is -0.490 e. The van der Waals surface area contributed by atoms with Gasteiger partial charge in [0.15, 0.2) is 0 Å². The molecule has 2 aliphatic rings. The Morgan fingerprint density at radius 3 is 2.41 bits per heavy atom. The lowest BCUT2D eigenvalue weighted by molar-refractivity contribution is -0.135. The largest absolute Gasteiger partial charge is 0.490 e. The van der Waals surface area contributed by atoms with E-state index < -0.39 is 0 Å². The predicted octanol–water partition coefficient (Wildman–Crippen LogP) is 3.84. The van der Waals surface area contributed by atoms with Gasteiger partial charge in [0, 0.05) is 66.7 Å². The molecule has 0 saturated carbocycles. The van der Waals surface area contributed by atoms with Gasteiger partial charge in [-0.25, -0.2) is 0 Å². The summed E-state index contributed by atoms with van der Waals surface area (Å²) in [5, 5.41) is 1.64. The Kier molecular flexibility index (Phi) is 6.74. The molecular weight excluding hydrogens is 454 g/mol. The molecule has 2 aromatic carbocycles. The number of fused-ring (bicyclic) bond motifs is 1. The number of piperidine rings is 1. The van der Waals surface area contributed by atoms with Crippen LogP contribution in [0.5, 0.6) is 5.75 Å². The molecule has 2 fully saturated rings. The Morgan fingerprint density at radius 1 is 0.941 bits per heavy atom. The third-order valence-corrected chi connectivity index (χ3v) is 6.78. The number of carbonyl (C=O) groups is 2. The Labute approximate surface area is 203 Å². The molecule has 2 amide bonds. The quantitative estimate of drug-likeness (QED) is 0.555. The number of carbonyl (C=O) groups excluding carboxylic acids is 2. The molecule has 0 radical (unpaired) electrons. The molecule has 7 nitrogen and oxygen atoms in total. The lowest BCUT2D eigenvalue weighted by atomic mass is 10.1. The monoisotopic (exact) mass is 481 g/mol. The molecule has 0 spiro atoms. The number of halogens is 1. The van der Waals surface area contributed by atoms with Crippen LogP contribution >= 0.6 is 11.6 Å². The van der Waals surface area contributed by atoms with Crippen molar-refractivity contribution in [1.82, 2.24) is 14.4 Å². The number of likely N-dealkylation sites (tertiary alicyclic amines) is 1. The van der Waals surface area contributed by atoms with Crippen molar-refractivity contribution in [1.29, 1.82) is 0 Å². The second-order valence-corrected chi connectivity index (χ2v) is 9.21. The van der Waals surface area contributed by atoms with Crippen LogP contribution in [0.2, 0.25) is 5.02 Å². The number of morpholine rings is 1. The van der Waals surface area contributed by atoms with E-state index in [2.05, 4.69) is 0 Å². The molecule has 3 aromatic rings. The highest BCUT2D eigenvalue weighted by atomic mass is 35.5. The Morgan fingerprint density at radius 2 is 1.68 bits per heavy atom. The molecule has 2 saturated heterocycles. The molecule has 0 aliphatic carbocycles. The van der Waals surface area contributed by atoms with Gasteiger partial charge in [-0.3, -0.25) is 9.59 Å². The van der Waals surface area contributed by atoms with Gasteiger partial charge in [0.2, 0.25) is 5.91 Å². The van der Waals surface area contributed by atoms with Crippen LogP contribution in [0, 0.1) is 0 Å². The zero-order chi connectivity index (χ0) is 23.5. The molecule has 1 aromatic heterocycles. The van der Waals surface area contributed by atoms with Crippen LogP contribution < -0.4 is 4.74 Å². The van der Waals surface area contributed by atoms with Gasteiger partial charge in [0.1, 0.15) is 18.4 Å². The number of hydrogen-bond donors (Lipinski definition) is 0. The Hall–Kier alpha value is -3.03. The number of aromatic nitrogens is 1. The van der Waals surface area contributed by atoms with Crippen LogP contribution in [0.1, 0.15) is 23.2 Å². The molecule has 0 unspecified atom stereocenters. The summed E-state index contributed by atoms with van der Waals surface area (Å²) in [4.78, 5) is 29.5. The van der Waals surface area contributed by atoms with Crippen molar-refractivity contribution in [3.05, 3.63) is 65.3 Å². The molecule has 3 heterocycles. The molecule has 8 heteroatoms. The number of ether oxygens (including phenoxy) is 2. The third-order valence-electron chi connectivity index (χ3n) is 6.53. The average Bonchev–Trinajstić information content (AvgIpc) is 3.28. The Bertz CT molecular complexity index is 1160. The number of benzene rings is 2. The smallest absolute Gasteiger partial charge is 0.253 e. The first-order chi connectivity index (χ1) is 16.6. The number of nitrogens with zero attached hydrogens (tertiary/aromatic N) is 3. The fourth-order valence-electron chi connectivity index (χ4n) is 4.59. The normalized spacial score (nSPS) is 17.2. The maximum Gasteiger partial charge on any atom is 0.253 e. The van der Waals surface area contributed by atoms with Gasteiger partial charge >= 0.3 is 0 Å². The van der Waals surface area contributed by atoms with E-state index in [-0.39, 0.29) is 24.5 Å². The summed E-state index contributed by atoms with van der Waals surface area (Å²) < 4.78 is 13.3. The molecule has 178 valence electrons. The van der Waals surface area contributed by atoms with E-state index in [0.717, 1.165) is 29.5 Å². The van der Waals surface area contributed by atoms with Gasteiger partial charge in [0.25, 0.3) is 5.91 Å². The maximum absolute atomic E-state index is 13.1. The molecule has 0 bridgehead atoms. The van der Waals surface area contributed by atoms with Crippen LogP contribution in [-0.2, 0) is 16.1 Å². The fourth-order valence-corrected chi connectivity index (χ4v) is 4.72. The van der Waals surface area contributed by atoms with E-state index >= 15 is 0 Å². The summed E-state index contributed by atoms with van der Waals surface area (Å²) in [6.07, 6.45) is 3.58. The van der Waals surface area contributed by atoms with Gasteiger partial charge in [-0.05, 0) is 48.5 Å². The van der Waals surface area contributed by atoms with E-state index in [4.69, 9.17) is 21.1 Å². The molecular formula is C26H28ClN3O4. The topological polar surface area (TPSA) is 64.0 Å². The summed E-state index contributed by atoms with van der Waals surface area (Å²) in [6.45, 7) is 4.06. The third kappa shape index (κ3) is 5.05. The first-order valence-electron chi connectivity index (χ1n) is 11.7. The zero-order valence-corrected chi connectivity index (χ0v) is 19.7. The summed E-state index contributed by atoms with van der Waals surface area (Å²) >= 11 is 5.94. The summed E-state index contributed by atoms with van der Waals surface area (Å²) in [7, 11) is 0. The highest BCUT2D eigenvalue weighted by molar-refractivity contribution is 6.30. The molecule has 0 atom stereocenters. The second kappa shape index (κ2) is 10.1. The van der Waals surface area contributed by atoms with Gasteiger partial charge in [-0.1, -0.05) is 11.6 Å². The van der Waals surface area contributed by atoms with Crippen LogP contribution in [0.15, 0.2) is 54.7 Å². The Balaban J connectivity index is 1.19. The van der Waals surface area contributed by atoms with Crippen molar-refractivity contribution in [3.8, 4) is 5.75 Å². The van der Waals surface area contributed by atoms with Crippen molar-refractivity contribution in [3.63, 3.8) is 0 Å². The number of amides is 2. The van der Waals surface area contributed by atoms with Crippen molar-refractivity contribution >= 4 is 34.3 Å². The van der Waals surface area contributed by atoms with E-state index in [0.29, 0.717) is 50.0 Å². The predicted molar refractivity (Wildman–Crippen MR) is 130 cm³/mol. The molecule has 5 rings (SSSR count). The second-order valence-electron chi connectivity index (χ2n) is 8.77. The van der Waals surface area contributed by atoms with E-state index in [9.17, 15) is 9.59 Å². The minimum atomic E-state index is 0.0315. The summed E-state index contributed by atoms with van der Waals surface area (Å²) in [6, 6.07) is 15.1. The van der Waals surface area contributed by atoms with E-state index in [1.54, 1.807) is 0 Å². The van der Waals surface area contributed by atoms with Crippen LogP contribution in [0.3, 0.4) is 0 Å². The maximum atomic E-state index is 13.1. The van der Waals surface area contributed by atoms with Gasteiger partial charge in [0.05, 0.1) is 13.2 Å². The van der Waals surface area contributed by atoms with Crippen molar-refractivity contribution < 1.29 is 19.1 Å². The first-order valence-corrected chi connectivity index (χ1v) is 12.1. The molecule has 34 heavy (non-hydrogen) atoms. The van der Waals surface area contributed by atoms with Crippen molar-refractivity contribution in [2.75, 3.05) is 39.4 Å². The van der Waals surface area contributed by atoms with Crippen LogP contribution in [0.4, 0.5) is 0 Å². The first kappa shape index (κ1) is 22.7. The van der Waals surface area contributed by atoms with Crippen LogP contribution in [0.25, 0.3) is 10.9 Å². The molecule has 2 aliphatic heterocycles. The summed E-state index contributed by atoms with van der Waals surface area (Å²) in [5.74, 6) is 0.921. The van der Waals surface area contributed by atoms with Crippen molar-refractivity contribution in [2.24, 2.45) is 0 Å². The van der Waals surface area contributed by atoms with Crippen molar-refractivity contribution in [2.45, 2.75) is 25.5 Å². The van der Waals surface area contributed by atoms with Crippen LogP contribution in [-0.4, -0.2) is 71.7 Å². The number of rotatable bonds is 5. The number of hydrogen-bond acceptors (Lipinski definition) is 4. The van der Waals surface area contributed by atoms with E-state index in [1.807, 2.05) is 69.1 Å².